The van der Waals surface area contributed by atoms with Crippen molar-refractivity contribution in [2.45, 2.75) is 63.1 Å². The van der Waals surface area contributed by atoms with E-state index < -0.39 is 0 Å². The highest BCUT2D eigenvalue weighted by atomic mass is 127. The Morgan fingerprint density at radius 3 is 2.76 bits per heavy atom. The summed E-state index contributed by atoms with van der Waals surface area (Å²) in [5.74, 6) is 2.62. The highest BCUT2D eigenvalue weighted by Crippen LogP contribution is 2.60. The zero-order chi connectivity index (χ0) is 19.0. The third-order valence-electron chi connectivity index (χ3n) is 7.72. The van der Waals surface area contributed by atoms with Crippen molar-refractivity contribution < 1.29 is 9.15 Å². The van der Waals surface area contributed by atoms with Crippen LogP contribution in [0.4, 0.5) is 0 Å². The van der Waals surface area contributed by atoms with Gasteiger partial charge in [0, 0.05) is 37.6 Å². The number of halogens is 1. The summed E-state index contributed by atoms with van der Waals surface area (Å²) in [5, 5.41) is 7.42. The highest BCUT2D eigenvalue weighted by molar-refractivity contribution is 14.0. The number of furan rings is 1. The molecule has 0 amide bonds. The number of nitrogens with one attached hydrogen (secondary N) is 2. The molecule has 3 heterocycles. The van der Waals surface area contributed by atoms with Gasteiger partial charge in [-0.1, -0.05) is 12.8 Å². The van der Waals surface area contributed by atoms with Crippen molar-refractivity contribution in [1.82, 2.24) is 15.5 Å². The SMILES string of the molecule is CN=C(NCC(c1ccco1)N1CCCC1)NC1C2CCOC2C12CCCC2.I. The second-order valence-corrected chi connectivity index (χ2v) is 9.03. The fourth-order valence-corrected chi connectivity index (χ4v) is 6.38. The standard InChI is InChI=1S/C22H34N4O2.HI/c1-23-21(24-15-17(18-7-6-13-27-18)26-11-4-5-12-26)25-19-16-8-14-28-20(16)22(19)9-2-3-10-22;/h6-7,13,16-17,19-20H,2-5,8-12,14-15H2,1H3,(H2,23,24,25);1H. The lowest BCUT2D eigenvalue weighted by Crippen LogP contribution is -2.69. The molecule has 4 unspecified atom stereocenters. The first-order valence-electron chi connectivity index (χ1n) is 11.2. The molecule has 4 fully saturated rings. The summed E-state index contributed by atoms with van der Waals surface area (Å²) in [6.45, 7) is 4.03. The predicted molar refractivity (Wildman–Crippen MR) is 125 cm³/mol. The highest BCUT2D eigenvalue weighted by Gasteiger charge is 2.65. The Balaban J connectivity index is 0.00000205. The molecule has 4 atom stereocenters. The van der Waals surface area contributed by atoms with Crippen LogP contribution < -0.4 is 10.6 Å². The normalized spacial score (nSPS) is 31.9. The second kappa shape index (κ2) is 9.14. The van der Waals surface area contributed by atoms with Crippen LogP contribution in [0.1, 0.15) is 56.7 Å². The van der Waals surface area contributed by atoms with E-state index in [0.29, 0.717) is 23.5 Å². The Kier molecular flexibility index (Phi) is 6.75. The molecule has 1 spiro atoms. The van der Waals surface area contributed by atoms with Crippen molar-refractivity contribution in [3.63, 3.8) is 0 Å². The van der Waals surface area contributed by atoms with E-state index in [0.717, 1.165) is 38.0 Å². The quantitative estimate of drug-likeness (QED) is 0.358. The molecule has 0 bridgehead atoms. The zero-order valence-electron chi connectivity index (χ0n) is 17.4. The second-order valence-electron chi connectivity index (χ2n) is 9.03. The van der Waals surface area contributed by atoms with Crippen LogP contribution in [0.2, 0.25) is 0 Å². The molecule has 2 aliphatic heterocycles. The van der Waals surface area contributed by atoms with E-state index in [4.69, 9.17) is 9.15 Å². The zero-order valence-corrected chi connectivity index (χ0v) is 19.8. The van der Waals surface area contributed by atoms with Crippen LogP contribution in [0, 0.1) is 11.3 Å². The van der Waals surface area contributed by atoms with Gasteiger partial charge in [-0.2, -0.15) is 0 Å². The molecular formula is C22H35IN4O2. The molecule has 5 rings (SSSR count). The lowest BCUT2D eigenvalue weighted by atomic mass is 9.54. The van der Waals surface area contributed by atoms with E-state index in [1.807, 2.05) is 13.1 Å². The molecule has 7 heteroatoms. The third-order valence-corrected chi connectivity index (χ3v) is 7.72. The van der Waals surface area contributed by atoms with Gasteiger partial charge in [0.25, 0.3) is 0 Å². The Bertz CT molecular complexity index is 683. The lowest BCUT2D eigenvalue weighted by molar-refractivity contribution is -0.125. The van der Waals surface area contributed by atoms with Gasteiger partial charge in [-0.3, -0.25) is 9.89 Å². The van der Waals surface area contributed by atoms with E-state index in [2.05, 4.69) is 26.6 Å². The molecule has 2 aliphatic carbocycles. The first kappa shape index (κ1) is 21.4. The summed E-state index contributed by atoms with van der Waals surface area (Å²) >= 11 is 0. The summed E-state index contributed by atoms with van der Waals surface area (Å²) < 4.78 is 11.9. The Morgan fingerprint density at radius 1 is 1.28 bits per heavy atom. The third kappa shape index (κ3) is 3.82. The van der Waals surface area contributed by atoms with E-state index in [1.54, 1.807) is 6.26 Å². The lowest BCUT2D eigenvalue weighted by Gasteiger charge is -2.57. The van der Waals surface area contributed by atoms with Gasteiger partial charge < -0.3 is 19.8 Å². The minimum absolute atomic E-state index is 0. The predicted octanol–water partition coefficient (Wildman–Crippen LogP) is 3.55. The number of fused-ring (bicyclic) bond motifs is 2. The summed E-state index contributed by atoms with van der Waals surface area (Å²) in [6.07, 6.45) is 11.3. The molecule has 1 aromatic heterocycles. The largest absolute Gasteiger partial charge is 0.468 e. The maximum absolute atomic E-state index is 6.13. The number of likely N-dealkylation sites (tertiary alicyclic amines) is 1. The van der Waals surface area contributed by atoms with Gasteiger partial charge in [0.2, 0.25) is 0 Å². The average Bonchev–Trinajstić information content (AvgIpc) is 3.49. The van der Waals surface area contributed by atoms with Crippen LogP contribution in [0.15, 0.2) is 27.8 Å². The van der Waals surface area contributed by atoms with Crippen molar-refractivity contribution in [3.8, 4) is 0 Å². The summed E-state index contributed by atoms with van der Waals surface area (Å²) in [5.41, 5.74) is 0.341. The molecule has 162 valence electrons. The van der Waals surface area contributed by atoms with Gasteiger partial charge in [0.05, 0.1) is 18.4 Å². The number of hydrogen-bond acceptors (Lipinski definition) is 4. The number of aliphatic imine (C=N–C) groups is 1. The van der Waals surface area contributed by atoms with Crippen molar-refractivity contribution in [1.29, 1.82) is 0 Å². The Labute approximate surface area is 191 Å². The number of guanidine groups is 1. The first-order valence-corrected chi connectivity index (χ1v) is 11.2. The molecule has 29 heavy (non-hydrogen) atoms. The average molecular weight is 514 g/mol. The van der Waals surface area contributed by atoms with E-state index in [9.17, 15) is 0 Å². The molecule has 1 aromatic rings. The number of hydrogen-bond donors (Lipinski definition) is 2. The van der Waals surface area contributed by atoms with Crippen LogP contribution in [0.25, 0.3) is 0 Å². The van der Waals surface area contributed by atoms with Crippen molar-refractivity contribution in [2.75, 3.05) is 33.3 Å². The van der Waals surface area contributed by atoms with E-state index in [-0.39, 0.29) is 30.0 Å². The Morgan fingerprint density at radius 2 is 2.07 bits per heavy atom. The van der Waals surface area contributed by atoms with Gasteiger partial charge in [-0.15, -0.1) is 24.0 Å². The molecule has 4 aliphatic rings. The van der Waals surface area contributed by atoms with E-state index in [1.165, 1.54) is 44.9 Å². The number of nitrogens with zero attached hydrogens (tertiary/aromatic N) is 2. The maximum atomic E-state index is 6.13. The molecule has 0 radical (unpaired) electrons. The molecule has 2 N–H and O–H groups in total. The summed E-state index contributed by atoms with van der Waals surface area (Å²) in [4.78, 5) is 7.09. The number of ether oxygens (including phenoxy) is 1. The summed E-state index contributed by atoms with van der Waals surface area (Å²) in [6, 6.07) is 4.85. The minimum Gasteiger partial charge on any atom is -0.468 e. The molecular weight excluding hydrogens is 479 g/mol. The van der Waals surface area contributed by atoms with Gasteiger partial charge >= 0.3 is 0 Å². The number of rotatable bonds is 5. The first-order chi connectivity index (χ1) is 13.8. The Hall–Kier alpha value is -0.800. The fraction of sp³-hybridized carbons (Fsp3) is 0.773. The van der Waals surface area contributed by atoms with Gasteiger partial charge in [0.15, 0.2) is 5.96 Å². The monoisotopic (exact) mass is 514 g/mol. The molecule has 2 saturated carbocycles. The van der Waals surface area contributed by atoms with Crippen LogP contribution in [-0.2, 0) is 4.74 Å². The maximum Gasteiger partial charge on any atom is 0.191 e. The fourth-order valence-electron chi connectivity index (χ4n) is 6.38. The molecule has 0 aromatic carbocycles. The smallest absolute Gasteiger partial charge is 0.191 e. The topological polar surface area (TPSA) is 62.0 Å². The summed E-state index contributed by atoms with van der Waals surface area (Å²) in [7, 11) is 1.88. The van der Waals surface area contributed by atoms with Gasteiger partial charge in [0.1, 0.15) is 5.76 Å². The van der Waals surface area contributed by atoms with Gasteiger partial charge in [-0.25, -0.2) is 0 Å². The minimum atomic E-state index is 0. The van der Waals surface area contributed by atoms with Crippen molar-refractivity contribution in [2.24, 2.45) is 16.3 Å². The van der Waals surface area contributed by atoms with Crippen LogP contribution in [0.5, 0.6) is 0 Å². The molecule has 2 saturated heterocycles. The van der Waals surface area contributed by atoms with Crippen LogP contribution >= 0.6 is 24.0 Å². The van der Waals surface area contributed by atoms with Crippen LogP contribution in [-0.4, -0.2) is 56.3 Å². The van der Waals surface area contributed by atoms with E-state index >= 15 is 0 Å². The molecule has 6 nitrogen and oxygen atoms in total. The van der Waals surface area contributed by atoms with Crippen LogP contribution in [0.3, 0.4) is 0 Å². The van der Waals surface area contributed by atoms with Gasteiger partial charge in [-0.05, 0) is 57.3 Å². The van der Waals surface area contributed by atoms with Crippen molar-refractivity contribution in [3.05, 3.63) is 24.2 Å². The van der Waals surface area contributed by atoms with Crippen molar-refractivity contribution >= 4 is 29.9 Å².